The van der Waals surface area contributed by atoms with Crippen molar-refractivity contribution >= 4 is 23.0 Å². The van der Waals surface area contributed by atoms with Crippen LogP contribution in [0, 0.1) is 0 Å². The molecule has 160 valence electrons. The molecule has 0 fully saturated rings. The van der Waals surface area contributed by atoms with E-state index in [0.29, 0.717) is 19.6 Å². The Morgan fingerprint density at radius 3 is 2.84 bits per heavy atom. The van der Waals surface area contributed by atoms with Crippen LogP contribution in [-0.4, -0.2) is 41.7 Å². The van der Waals surface area contributed by atoms with Gasteiger partial charge in [0.15, 0.2) is 0 Å². The minimum Gasteiger partial charge on any atom is -0.490 e. The van der Waals surface area contributed by atoms with Gasteiger partial charge in [-0.2, -0.15) is 5.10 Å². The molecule has 7 heteroatoms. The highest BCUT2D eigenvalue weighted by atomic mass is 32.1. The molecule has 3 heterocycles. The molecule has 3 aromatic rings. The fourth-order valence-corrected chi connectivity index (χ4v) is 4.27. The van der Waals surface area contributed by atoms with E-state index in [0.717, 1.165) is 27.7 Å². The summed E-state index contributed by atoms with van der Waals surface area (Å²) >= 11 is 1.63. The summed E-state index contributed by atoms with van der Waals surface area (Å²) in [5.74, 6) is 1.50. The van der Waals surface area contributed by atoms with Crippen LogP contribution in [0.4, 0.5) is 0 Å². The molecule has 0 bridgehead atoms. The number of carbonyl (C=O) groups excluding carboxylic acids is 1. The van der Waals surface area contributed by atoms with Crippen LogP contribution in [0.2, 0.25) is 0 Å². The Balaban J connectivity index is 1.42. The maximum Gasteiger partial charge on any atom is 0.257 e. The molecule has 1 atom stereocenters. The number of benzene rings is 1. The summed E-state index contributed by atoms with van der Waals surface area (Å²) in [4.78, 5) is 16.2. The van der Waals surface area contributed by atoms with Crippen molar-refractivity contribution in [3.8, 4) is 5.75 Å². The van der Waals surface area contributed by atoms with Crippen molar-refractivity contribution in [3.05, 3.63) is 89.0 Å². The molecule has 0 spiro atoms. The number of hydrogen-bond acceptors (Lipinski definition) is 6. The molecule has 1 unspecified atom stereocenters. The van der Waals surface area contributed by atoms with Crippen LogP contribution in [0.3, 0.4) is 0 Å². The van der Waals surface area contributed by atoms with Crippen LogP contribution in [0.1, 0.15) is 28.7 Å². The van der Waals surface area contributed by atoms with Gasteiger partial charge < -0.3 is 9.15 Å². The lowest BCUT2D eigenvalue weighted by atomic mass is 10.1. The lowest BCUT2D eigenvalue weighted by Crippen LogP contribution is -2.36. The van der Waals surface area contributed by atoms with Crippen LogP contribution in [0.5, 0.6) is 5.75 Å². The van der Waals surface area contributed by atoms with Gasteiger partial charge in [0.05, 0.1) is 23.4 Å². The average molecular weight is 436 g/mol. The molecular weight excluding hydrogens is 410 g/mol. The number of ether oxygens (including phenoxy) is 1. The van der Waals surface area contributed by atoms with Crippen LogP contribution in [-0.2, 0) is 11.3 Å². The van der Waals surface area contributed by atoms with Crippen molar-refractivity contribution in [2.75, 3.05) is 20.2 Å². The van der Waals surface area contributed by atoms with E-state index in [1.54, 1.807) is 28.7 Å². The second-order valence-electron chi connectivity index (χ2n) is 7.41. The standard InChI is InChI=1S/C24H25N3O3S/c1-3-12-29-19-10-8-18(9-11-19)16-26(2)17-24(28)27-21(22-6-4-13-30-22)15-20(25-27)23-7-5-14-31-23/h3-11,13-14,21H,1,12,15-17H2,2H3. The van der Waals surface area contributed by atoms with Crippen LogP contribution >= 0.6 is 11.3 Å². The highest BCUT2D eigenvalue weighted by molar-refractivity contribution is 7.12. The first-order valence-corrected chi connectivity index (χ1v) is 11.0. The van der Waals surface area contributed by atoms with Gasteiger partial charge in [-0.25, -0.2) is 5.01 Å². The predicted octanol–water partition coefficient (Wildman–Crippen LogP) is 4.72. The van der Waals surface area contributed by atoms with E-state index in [1.807, 2.05) is 65.9 Å². The second kappa shape index (κ2) is 9.76. The second-order valence-corrected chi connectivity index (χ2v) is 8.36. The van der Waals surface area contributed by atoms with Crippen molar-refractivity contribution < 1.29 is 13.9 Å². The maximum atomic E-state index is 13.1. The highest BCUT2D eigenvalue weighted by Gasteiger charge is 2.35. The number of furan rings is 1. The van der Waals surface area contributed by atoms with Crippen molar-refractivity contribution in [1.82, 2.24) is 9.91 Å². The Kier molecular flexibility index (Phi) is 6.64. The highest BCUT2D eigenvalue weighted by Crippen LogP contribution is 2.34. The van der Waals surface area contributed by atoms with Crippen LogP contribution < -0.4 is 4.74 Å². The van der Waals surface area contributed by atoms with Gasteiger partial charge in [-0.15, -0.1) is 11.3 Å². The Morgan fingerprint density at radius 2 is 2.16 bits per heavy atom. The third-order valence-corrected chi connectivity index (χ3v) is 5.91. The zero-order valence-electron chi connectivity index (χ0n) is 17.4. The molecule has 0 N–H and O–H groups in total. The first-order chi connectivity index (χ1) is 15.1. The van der Waals surface area contributed by atoms with Gasteiger partial charge in [0, 0.05) is 13.0 Å². The Hall–Kier alpha value is -3.16. The number of rotatable bonds is 9. The van der Waals surface area contributed by atoms with Gasteiger partial charge in [0.1, 0.15) is 24.2 Å². The fraction of sp³-hybridized carbons (Fsp3) is 0.250. The molecule has 0 aliphatic carbocycles. The maximum absolute atomic E-state index is 13.1. The number of thiophene rings is 1. The zero-order valence-corrected chi connectivity index (χ0v) is 18.3. The predicted molar refractivity (Wildman–Crippen MR) is 122 cm³/mol. The summed E-state index contributed by atoms with van der Waals surface area (Å²) in [6.07, 6.45) is 4.00. The lowest BCUT2D eigenvalue weighted by Gasteiger charge is -2.23. The zero-order chi connectivity index (χ0) is 21.6. The molecule has 0 saturated heterocycles. The first kappa shape index (κ1) is 21.1. The van der Waals surface area contributed by atoms with E-state index in [1.165, 1.54) is 0 Å². The third kappa shape index (κ3) is 5.13. The van der Waals surface area contributed by atoms with Gasteiger partial charge in [0.2, 0.25) is 0 Å². The number of carbonyl (C=O) groups is 1. The SMILES string of the molecule is C=CCOc1ccc(CN(C)CC(=O)N2N=C(c3cccs3)CC2c2ccco2)cc1. The number of likely N-dealkylation sites (N-methyl/N-ethyl adjacent to an activating group) is 1. The molecule has 0 saturated carbocycles. The quantitative estimate of drug-likeness (QED) is 0.457. The average Bonchev–Trinajstić information content (AvgIpc) is 3.54. The molecule has 31 heavy (non-hydrogen) atoms. The number of amides is 1. The van der Waals surface area contributed by atoms with Crippen molar-refractivity contribution in [3.63, 3.8) is 0 Å². The molecule has 1 aromatic carbocycles. The molecule has 4 rings (SSSR count). The largest absolute Gasteiger partial charge is 0.490 e. The molecule has 2 aromatic heterocycles. The Bertz CT molecular complexity index is 1030. The van der Waals surface area contributed by atoms with E-state index in [9.17, 15) is 4.79 Å². The monoisotopic (exact) mass is 435 g/mol. The summed E-state index contributed by atoms with van der Waals surface area (Å²) in [6.45, 7) is 5.04. The van der Waals surface area contributed by atoms with Crippen molar-refractivity contribution in [2.24, 2.45) is 5.10 Å². The normalized spacial score (nSPS) is 15.9. The Labute approximate surface area is 186 Å². The first-order valence-electron chi connectivity index (χ1n) is 10.1. The topological polar surface area (TPSA) is 58.3 Å². The van der Waals surface area contributed by atoms with E-state index in [2.05, 4.69) is 11.7 Å². The number of hydrogen-bond donors (Lipinski definition) is 0. The van der Waals surface area contributed by atoms with Gasteiger partial charge in [-0.05, 0) is 48.3 Å². The van der Waals surface area contributed by atoms with Gasteiger partial charge in [-0.1, -0.05) is 30.9 Å². The lowest BCUT2D eigenvalue weighted by molar-refractivity contribution is -0.134. The van der Waals surface area contributed by atoms with E-state index >= 15 is 0 Å². The van der Waals surface area contributed by atoms with Crippen molar-refractivity contribution in [2.45, 2.75) is 19.0 Å². The van der Waals surface area contributed by atoms with Crippen LogP contribution in [0.15, 0.2) is 82.3 Å². The van der Waals surface area contributed by atoms with E-state index in [4.69, 9.17) is 9.15 Å². The number of nitrogens with zero attached hydrogens (tertiary/aromatic N) is 3. The van der Waals surface area contributed by atoms with Crippen LogP contribution in [0.25, 0.3) is 0 Å². The summed E-state index contributed by atoms with van der Waals surface area (Å²) in [5.41, 5.74) is 2.02. The smallest absolute Gasteiger partial charge is 0.257 e. The van der Waals surface area contributed by atoms with Gasteiger partial charge >= 0.3 is 0 Å². The van der Waals surface area contributed by atoms with E-state index in [-0.39, 0.29) is 18.5 Å². The third-order valence-electron chi connectivity index (χ3n) is 4.99. The van der Waals surface area contributed by atoms with Crippen molar-refractivity contribution in [1.29, 1.82) is 0 Å². The summed E-state index contributed by atoms with van der Waals surface area (Å²) in [7, 11) is 1.93. The van der Waals surface area contributed by atoms with Gasteiger partial charge in [0.25, 0.3) is 5.91 Å². The fourth-order valence-electron chi connectivity index (χ4n) is 3.55. The summed E-state index contributed by atoms with van der Waals surface area (Å²) in [6, 6.07) is 15.4. The number of hydrazone groups is 1. The minimum absolute atomic E-state index is 0.0543. The molecule has 1 amide bonds. The van der Waals surface area contributed by atoms with E-state index < -0.39 is 0 Å². The minimum atomic E-state index is -0.214. The molecule has 0 radical (unpaired) electrons. The molecular formula is C24H25N3O3S. The Morgan fingerprint density at radius 1 is 1.32 bits per heavy atom. The molecule has 1 aliphatic heterocycles. The summed E-state index contributed by atoms with van der Waals surface area (Å²) < 4.78 is 11.1. The summed E-state index contributed by atoms with van der Waals surface area (Å²) in [5, 5.41) is 8.27. The van der Waals surface area contributed by atoms with Gasteiger partial charge in [-0.3, -0.25) is 9.69 Å². The molecule has 6 nitrogen and oxygen atoms in total. The molecule has 1 aliphatic rings.